The lowest BCUT2D eigenvalue weighted by atomic mass is 10.2. The van der Waals surface area contributed by atoms with Crippen molar-refractivity contribution in [1.29, 1.82) is 0 Å². The van der Waals surface area contributed by atoms with Gasteiger partial charge in [0.2, 0.25) is 6.08 Å². The number of benzene rings is 1. The Bertz CT molecular complexity index is 431. The van der Waals surface area contributed by atoms with Crippen LogP contribution in [0.5, 0.6) is 0 Å². The number of hydrogen-bond donors (Lipinski definition) is 0. The highest BCUT2D eigenvalue weighted by Crippen LogP contribution is 2.32. The highest BCUT2D eigenvalue weighted by Gasteiger charge is 2.22. The number of hydrogen-bond acceptors (Lipinski definition) is 2. The van der Waals surface area contributed by atoms with Crippen molar-refractivity contribution in [3.8, 4) is 0 Å². The molecular formula is C8H2BrClF3NO. The highest BCUT2D eigenvalue weighted by atomic mass is 79.9. The number of halogens is 5. The summed E-state index contributed by atoms with van der Waals surface area (Å²) in [6, 6.07) is 0. The SMILES string of the molecule is O=C=NCc1c(F)c(F)c(Br)c(F)c1Cl. The quantitative estimate of drug-likeness (QED) is 0.356. The fraction of sp³-hybridized carbons (Fsp3) is 0.125. The van der Waals surface area contributed by atoms with Crippen LogP contribution in [0, 0.1) is 17.5 Å². The first kappa shape index (κ1) is 12.2. The number of aliphatic imine (C=N–C) groups is 1. The average molecular weight is 300 g/mol. The second-order valence-corrected chi connectivity index (χ2v) is 3.63. The lowest BCUT2D eigenvalue weighted by Crippen LogP contribution is -2.00. The zero-order chi connectivity index (χ0) is 11.6. The maximum atomic E-state index is 13.2. The van der Waals surface area contributed by atoms with E-state index in [2.05, 4.69) is 20.9 Å². The Morgan fingerprint density at radius 2 is 1.87 bits per heavy atom. The molecule has 0 heterocycles. The molecule has 0 saturated heterocycles. The van der Waals surface area contributed by atoms with Crippen LogP contribution >= 0.6 is 27.5 Å². The molecule has 7 heteroatoms. The van der Waals surface area contributed by atoms with E-state index in [1.807, 2.05) is 0 Å². The largest absolute Gasteiger partial charge is 0.235 e. The molecule has 15 heavy (non-hydrogen) atoms. The molecule has 0 aliphatic heterocycles. The summed E-state index contributed by atoms with van der Waals surface area (Å²) in [7, 11) is 0. The van der Waals surface area contributed by atoms with Crippen LogP contribution in [-0.4, -0.2) is 6.08 Å². The Morgan fingerprint density at radius 1 is 1.27 bits per heavy atom. The molecular weight excluding hydrogens is 298 g/mol. The second-order valence-electron chi connectivity index (χ2n) is 2.46. The minimum atomic E-state index is -1.41. The third kappa shape index (κ3) is 2.22. The summed E-state index contributed by atoms with van der Waals surface area (Å²) in [5, 5.41) is -0.611. The van der Waals surface area contributed by atoms with Gasteiger partial charge in [0.15, 0.2) is 17.5 Å². The Labute approximate surface area is 95.9 Å². The van der Waals surface area contributed by atoms with Gasteiger partial charge in [0.05, 0.1) is 16.0 Å². The van der Waals surface area contributed by atoms with E-state index in [0.29, 0.717) is 0 Å². The van der Waals surface area contributed by atoms with Gasteiger partial charge in [-0.15, -0.1) is 0 Å². The maximum absolute atomic E-state index is 13.2. The molecule has 80 valence electrons. The van der Waals surface area contributed by atoms with Crippen LogP contribution in [0.1, 0.15) is 5.56 Å². The topological polar surface area (TPSA) is 29.4 Å². The molecule has 2 nitrogen and oxygen atoms in total. The molecule has 0 aliphatic rings. The van der Waals surface area contributed by atoms with Crippen molar-refractivity contribution in [2.45, 2.75) is 6.54 Å². The summed E-state index contributed by atoms with van der Waals surface area (Å²) >= 11 is 7.91. The van der Waals surface area contributed by atoms with E-state index in [1.54, 1.807) is 0 Å². The maximum Gasteiger partial charge on any atom is 0.235 e. The van der Waals surface area contributed by atoms with Crippen LogP contribution in [0.15, 0.2) is 9.47 Å². The van der Waals surface area contributed by atoms with Gasteiger partial charge in [0, 0.05) is 5.56 Å². The van der Waals surface area contributed by atoms with Gasteiger partial charge >= 0.3 is 0 Å². The van der Waals surface area contributed by atoms with Crippen LogP contribution in [0.4, 0.5) is 13.2 Å². The Morgan fingerprint density at radius 3 is 2.40 bits per heavy atom. The van der Waals surface area contributed by atoms with Gasteiger partial charge in [-0.2, -0.15) is 0 Å². The summed E-state index contributed by atoms with van der Waals surface area (Å²) in [6.07, 6.45) is 1.12. The molecule has 0 radical (unpaired) electrons. The highest BCUT2D eigenvalue weighted by molar-refractivity contribution is 9.10. The lowest BCUT2D eigenvalue weighted by molar-refractivity contribution is 0.478. The van der Waals surface area contributed by atoms with Crippen LogP contribution in [0.25, 0.3) is 0 Å². The van der Waals surface area contributed by atoms with Gasteiger partial charge in [0.25, 0.3) is 0 Å². The molecule has 0 N–H and O–H groups in total. The first-order valence-electron chi connectivity index (χ1n) is 3.54. The van der Waals surface area contributed by atoms with Gasteiger partial charge in [-0.3, -0.25) is 0 Å². The number of nitrogens with zero attached hydrogens (tertiary/aromatic N) is 1. The Hall–Kier alpha value is -0.840. The van der Waals surface area contributed by atoms with E-state index in [1.165, 1.54) is 0 Å². The zero-order valence-corrected chi connectivity index (χ0v) is 9.29. The van der Waals surface area contributed by atoms with Crippen molar-refractivity contribution in [2.24, 2.45) is 4.99 Å². The zero-order valence-electron chi connectivity index (χ0n) is 6.95. The minimum Gasteiger partial charge on any atom is -0.211 e. The van der Waals surface area contributed by atoms with Gasteiger partial charge in [0.1, 0.15) is 0 Å². The monoisotopic (exact) mass is 299 g/mol. The number of carbonyl (C=O) groups excluding carboxylic acids is 1. The van der Waals surface area contributed by atoms with E-state index in [-0.39, 0.29) is 0 Å². The third-order valence-electron chi connectivity index (χ3n) is 1.60. The Kier molecular flexibility index (Phi) is 3.90. The fourth-order valence-corrected chi connectivity index (χ4v) is 1.62. The second kappa shape index (κ2) is 4.79. The van der Waals surface area contributed by atoms with E-state index < -0.39 is 39.1 Å². The number of rotatable bonds is 2. The van der Waals surface area contributed by atoms with Gasteiger partial charge in [-0.05, 0) is 15.9 Å². The molecule has 1 aromatic carbocycles. The molecule has 0 aliphatic carbocycles. The van der Waals surface area contributed by atoms with E-state index in [0.717, 1.165) is 6.08 Å². The van der Waals surface area contributed by atoms with Crippen LogP contribution in [0.3, 0.4) is 0 Å². The molecule has 0 fully saturated rings. The fourth-order valence-electron chi connectivity index (χ4n) is 0.901. The van der Waals surface area contributed by atoms with Crippen molar-refractivity contribution < 1.29 is 18.0 Å². The van der Waals surface area contributed by atoms with E-state index >= 15 is 0 Å². The van der Waals surface area contributed by atoms with Crippen molar-refractivity contribution >= 4 is 33.6 Å². The van der Waals surface area contributed by atoms with E-state index in [9.17, 15) is 18.0 Å². The molecule has 0 spiro atoms. The summed E-state index contributed by atoms with van der Waals surface area (Å²) in [6.45, 7) is -0.560. The number of isocyanates is 1. The smallest absolute Gasteiger partial charge is 0.211 e. The average Bonchev–Trinajstić information content (AvgIpc) is 2.24. The molecule has 0 aromatic heterocycles. The minimum absolute atomic E-state index is 0.516. The normalized spacial score (nSPS) is 9.93. The van der Waals surface area contributed by atoms with Gasteiger partial charge in [-0.25, -0.2) is 23.0 Å². The summed E-state index contributed by atoms with van der Waals surface area (Å²) < 4.78 is 38.6. The van der Waals surface area contributed by atoms with Crippen LogP contribution in [-0.2, 0) is 11.3 Å². The summed E-state index contributed by atoms with van der Waals surface area (Å²) in [5.74, 6) is -3.88. The first-order chi connectivity index (χ1) is 7.00. The van der Waals surface area contributed by atoms with Crippen molar-refractivity contribution in [1.82, 2.24) is 0 Å². The molecule has 0 atom stereocenters. The molecule has 0 amide bonds. The standard InChI is InChI=1S/C8H2BrClF3NO/c9-4-7(12)5(10)3(1-14-2-15)6(11)8(4)13/h1H2. The van der Waals surface area contributed by atoms with Crippen LogP contribution in [0.2, 0.25) is 5.02 Å². The predicted molar refractivity (Wildman–Crippen MR) is 50.9 cm³/mol. The molecule has 1 aromatic rings. The molecule has 1 rings (SSSR count). The summed E-state index contributed by atoms with van der Waals surface area (Å²) in [4.78, 5) is 12.8. The van der Waals surface area contributed by atoms with Crippen molar-refractivity contribution in [3.05, 3.63) is 32.5 Å². The van der Waals surface area contributed by atoms with Crippen molar-refractivity contribution in [3.63, 3.8) is 0 Å². The van der Waals surface area contributed by atoms with Crippen LogP contribution < -0.4 is 0 Å². The Balaban J connectivity index is 3.44. The summed E-state index contributed by atoms with van der Waals surface area (Å²) in [5.41, 5.74) is -0.516. The molecule has 0 saturated carbocycles. The van der Waals surface area contributed by atoms with E-state index in [4.69, 9.17) is 11.6 Å². The van der Waals surface area contributed by atoms with Gasteiger partial charge in [-0.1, -0.05) is 11.6 Å². The van der Waals surface area contributed by atoms with Gasteiger partial charge < -0.3 is 0 Å². The molecule has 0 unspecified atom stereocenters. The lowest BCUT2D eigenvalue weighted by Gasteiger charge is -2.06. The first-order valence-corrected chi connectivity index (χ1v) is 4.71. The third-order valence-corrected chi connectivity index (χ3v) is 2.69. The van der Waals surface area contributed by atoms with Crippen molar-refractivity contribution in [2.75, 3.05) is 0 Å². The molecule has 0 bridgehead atoms. The predicted octanol–water partition coefficient (Wildman–Crippen LogP) is 3.36.